The highest BCUT2D eigenvalue weighted by atomic mass is 32.1. The van der Waals surface area contributed by atoms with Gasteiger partial charge < -0.3 is 10.6 Å². The average molecular weight is 276 g/mol. The van der Waals surface area contributed by atoms with E-state index in [9.17, 15) is 4.39 Å². The molecule has 0 radical (unpaired) electrons. The molecule has 0 amide bonds. The van der Waals surface area contributed by atoms with Crippen LogP contribution < -0.4 is 10.6 Å². The lowest BCUT2D eigenvalue weighted by Gasteiger charge is -2.24. The Labute approximate surface area is 116 Å². The Morgan fingerprint density at radius 2 is 2.16 bits per heavy atom. The van der Waals surface area contributed by atoms with E-state index in [4.69, 9.17) is 5.73 Å². The molecular weight excluding hydrogens is 259 g/mol. The summed E-state index contributed by atoms with van der Waals surface area (Å²) >= 11 is 1.75. The minimum absolute atomic E-state index is 0.199. The summed E-state index contributed by atoms with van der Waals surface area (Å²) in [6.07, 6.45) is 2.39. The fourth-order valence-corrected chi connectivity index (χ4v) is 3.01. The van der Waals surface area contributed by atoms with Crippen molar-refractivity contribution >= 4 is 17.0 Å². The summed E-state index contributed by atoms with van der Waals surface area (Å²) < 4.78 is 13.7. The number of hydrogen-bond donors (Lipinski definition) is 1. The summed E-state index contributed by atoms with van der Waals surface area (Å²) in [4.78, 5) is 3.61. The van der Waals surface area contributed by atoms with E-state index >= 15 is 0 Å². The maximum absolute atomic E-state index is 13.7. The topological polar surface area (TPSA) is 29.3 Å². The number of anilines is 1. The van der Waals surface area contributed by atoms with Gasteiger partial charge in [0, 0.05) is 23.2 Å². The number of benzene rings is 1. The number of thiophene rings is 1. The van der Waals surface area contributed by atoms with Gasteiger partial charge in [0.1, 0.15) is 5.82 Å². The molecule has 0 unspecified atom stereocenters. The van der Waals surface area contributed by atoms with Crippen molar-refractivity contribution in [1.82, 2.24) is 0 Å². The maximum Gasteiger partial charge on any atom is 0.125 e. The van der Waals surface area contributed by atoms with Gasteiger partial charge >= 0.3 is 0 Å². The lowest BCUT2D eigenvalue weighted by molar-refractivity contribution is 0.623. The van der Waals surface area contributed by atoms with E-state index in [-0.39, 0.29) is 5.82 Å². The van der Waals surface area contributed by atoms with Gasteiger partial charge in [0.05, 0.1) is 6.54 Å². The van der Waals surface area contributed by atoms with Gasteiger partial charge in [-0.1, -0.05) is 6.07 Å². The fraction of sp³-hybridized carbons (Fsp3) is 0.333. The average Bonchev–Trinajstić information content (AvgIpc) is 3.12. The molecule has 0 aliphatic heterocycles. The second-order valence-corrected chi connectivity index (χ2v) is 5.99. The standard InChI is InChI=1S/C15H17FN2S/c16-12-6-11(9-17)7-14(8-12)18(13-3-4-13)10-15-2-1-5-19-15/h1-2,5-8,13H,3-4,9-10,17H2. The highest BCUT2D eigenvalue weighted by Crippen LogP contribution is 2.34. The molecule has 0 atom stereocenters. The van der Waals surface area contributed by atoms with Gasteiger partial charge in [-0.05, 0) is 48.1 Å². The summed E-state index contributed by atoms with van der Waals surface area (Å²) in [5.41, 5.74) is 7.44. The van der Waals surface area contributed by atoms with Crippen LogP contribution in [0, 0.1) is 5.82 Å². The zero-order chi connectivity index (χ0) is 13.2. The molecule has 19 heavy (non-hydrogen) atoms. The molecule has 0 saturated heterocycles. The number of nitrogens with two attached hydrogens (primary N) is 1. The maximum atomic E-state index is 13.7. The Morgan fingerprint density at radius 1 is 1.32 bits per heavy atom. The lowest BCUT2D eigenvalue weighted by atomic mass is 10.1. The minimum Gasteiger partial charge on any atom is -0.363 e. The molecule has 1 heterocycles. The first-order valence-corrected chi connectivity index (χ1v) is 7.43. The first kappa shape index (κ1) is 12.6. The van der Waals surface area contributed by atoms with Crippen LogP contribution in [0.2, 0.25) is 0 Å². The van der Waals surface area contributed by atoms with E-state index in [0.29, 0.717) is 12.6 Å². The molecule has 100 valence electrons. The smallest absolute Gasteiger partial charge is 0.125 e. The molecule has 1 fully saturated rings. The number of halogens is 1. The van der Waals surface area contributed by atoms with Crippen LogP contribution in [0.25, 0.3) is 0 Å². The summed E-state index contributed by atoms with van der Waals surface area (Å²) in [6.45, 7) is 1.23. The molecular formula is C15H17FN2S. The molecule has 0 bridgehead atoms. The normalized spacial score (nSPS) is 14.6. The highest BCUT2D eigenvalue weighted by Gasteiger charge is 2.29. The van der Waals surface area contributed by atoms with E-state index in [0.717, 1.165) is 17.8 Å². The van der Waals surface area contributed by atoms with Gasteiger partial charge in [-0.3, -0.25) is 0 Å². The molecule has 1 aromatic heterocycles. The largest absolute Gasteiger partial charge is 0.363 e. The third-order valence-corrected chi connectivity index (χ3v) is 4.26. The van der Waals surface area contributed by atoms with Crippen LogP contribution in [0.3, 0.4) is 0 Å². The number of rotatable bonds is 5. The van der Waals surface area contributed by atoms with Gasteiger partial charge in [-0.25, -0.2) is 4.39 Å². The van der Waals surface area contributed by atoms with Crippen molar-refractivity contribution in [3.8, 4) is 0 Å². The van der Waals surface area contributed by atoms with E-state index in [2.05, 4.69) is 22.4 Å². The van der Waals surface area contributed by atoms with Crippen molar-refractivity contribution in [3.05, 3.63) is 52.0 Å². The van der Waals surface area contributed by atoms with E-state index < -0.39 is 0 Å². The van der Waals surface area contributed by atoms with Crippen LogP contribution in [0.4, 0.5) is 10.1 Å². The predicted octanol–water partition coefficient (Wildman–Crippen LogP) is 3.51. The van der Waals surface area contributed by atoms with Crippen LogP contribution in [0.5, 0.6) is 0 Å². The SMILES string of the molecule is NCc1cc(F)cc(N(Cc2cccs2)C2CC2)c1. The van der Waals surface area contributed by atoms with Crippen molar-refractivity contribution in [2.24, 2.45) is 5.73 Å². The summed E-state index contributed by atoms with van der Waals surface area (Å²) in [6, 6.07) is 9.87. The van der Waals surface area contributed by atoms with Crippen molar-refractivity contribution in [1.29, 1.82) is 0 Å². The van der Waals surface area contributed by atoms with Gasteiger partial charge in [0.25, 0.3) is 0 Å². The van der Waals surface area contributed by atoms with Gasteiger partial charge in [0.2, 0.25) is 0 Å². The minimum atomic E-state index is -0.199. The Bertz CT molecular complexity index is 549. The first-order valence-electron chi connectivity index (χ1n) is 6.55. The summed E-state index contributed by atoms with van der Waals surface area (Å²) in [5.74, 6) is -0.199. The van der Waals surface area contributed by atoms with E-state index in [1.807, 2.05) is 6.07 Å². The molecule has 1 saturated carbocycles. The Balaban J connectivity index is 1.89. The predicted molar refractivity (Wildman–Crippen MR) is 77.8 cm³/mol. The van der Waals surface area contributed by atoms with Crippen LogP contribution in [0.1, 0.15) is 23.3 Å². The van der Waals surface area contributed by atoms with Crippen LogP contribution in [0.15, 0.2) is 35.7 Å². The van der Waals surface area contributed by atoms with Crippen LogP contribution in [-0.2, 0) is 13.1 Å². The molecule has 3 rings (SSSR count). The zero-order valence-corrected chi connectivity index (χ0v) is 11.5. The third-order valence-electron chi connectivity index (χ3n) is 3.40. The van der Waals surface area contributed by atoms with Crippen molar-refractivity contribution < 1.29 is 4.39 Å². The van der Waals surface area contributed by atoms with E-state index in [1.165, 1.54) is 23.8 Å². The Kier molecular flexibility index (Phi) is 3.53. The van der Waals surface area contributed by atoms with Gasteiger partial charge in [0.15, 0.2) is 0 Å². The first-order chi connectivity index (χ1) is 9.26. The number of nitrogens with zero attached hydrogens (tertiary/aromatic N) is 1. The quantitative estimate of drug-likeness (QED) is 0.905. The fourth-order valence-electron chi connectivity index (χ4n) is 2.30. The molecule has 4 heteroatoms. The molecule has 2 aromatic rings. The molecule has 1 aliphatic carbocycles. The Morgan fingerprint density at radius 3 is 2.79 bits per heavy atom. The molecule has 1 aromatic carbocycles. The third kappa shape index (κ3) is 2.96. The monoisotopic (exact) mass is 276 g/mol. The van der Waals surface area contributed by atoms with Crippen molar-refractivity contribution in [2.45, 2.75) is 32.0 Å². The molecule has 0 spiro atoms. The van der Waals surface area contributed by atoms with Gasteiger partial charge in [-0.15, -0.1) is 11.3 Å². The van der Waals surface area contributed by atoms with Crippen molar-refractivity contribution in [3.63, 3.8) is 0 Å². The summed E-state index contributed by atoms with van der Waals surface area (Å²) in [5, 5.41) is 2.08. The molecule has 2 nitrogen and oxygen atoms in total. The zero-order valence-electron chi connectivity index (χ0n) is 10.7. The van der Waals surface area contributed by atoms with Crippen LogP contribution >= 0.6 is 11.3 Å². The second-order valence-electron chi connectivity index (χ2n) is 4.96. The van der Waals surface area contributed by atoms with E-state index in [1.54, 1.807) is 17.4 Å². The van der Waals surface area contributed by atoms with Gasteiger partial charge in [-0.2, -0.15) is 0 Å². The molecule has 2 N–H and O–H groups in total. The van der Waals surface area contributed by atoms with Crippen LogP contribution in [-0.4, -0.2) is 6.04 Å². The Hall–Kier alpha value is -1.39. The second kappa shape index (κ2) is 5.31. The summed E-state index contributed by atoms with van der Waals surface area (Å²) in [7, 11) is 0. The van der Waals surface area contributed by atoms with Crippen molar-refractivity contribution in [2.75, 3.05) is 4.90 Å². The molecule has 1 aliphatic rings. The highest BCUT2D eigenvalue weighted by molar-refractivity contribution is 7.09. The number of hydrogen-bond acceptors (Lipinski definition) is 3. The lowest BCUT2D eigenvalue weighted by Crippen LogP contribution is -2.24.